The average Bonchev–Trinajstić information content (AvgIpc) is 2.10. The van der Waals surface area contributed by atoms with Crippen LogP contribution in [0.1, 0.15) is 33.1 Å². The van der Waals surface area contributed by atoms with E-state index in [1.807, 2.05) is 4.90 Å². The van der Waals surface area contributed by atoms with Crippen molar-refractivity contribution in [3.8, 4) is 0 Å². The zero-order valence-corrected chi connectivity index (χ0v) is 8.06. The Bertz CT molecular complexity index is 175. The van der Waals surface area contributed by atoms with Gasteiger partial charge in [0, 0.05) is 13.1 Å². The van der Waals surface area contributed by atoms with Crippen LogP contribution < -0.4 is 5.73 Å². The van der Waals surface area contributed by atoms with Crippen LogP contribution in [0.5, 0.6) is 0 Å². The van der Waals surface area contributed by atoms with Crippen LogP contribution in [-0.4, -0.2) is 23.9 Å². The Labute approximate surface area is 74.4 Å². The molecule has 1 aliphatic rings. The Morgan fingerprint density at radius 1 is 1.42 bits per heavy atom. The van der Waals surface area contributed by atoms with E-state index in [1.165, 1.54) is 19.3 Å². The SMILES string of the molecule is CC1(C)CCCCN(C(=N)N)C1. The summed E-state index contributed by atoms with van der Waals surface area (Å²) in [6, 6.07) is 0. The van der Waals surface area contributed by atoms with Gasteiger partial charge in [-0.25, -0.2) is 0 Å². The third kappa shape index (κ3) is 2.40. The summed E-state index contributed by atoms with van der Waals surface area (Å²) in [7, 11) is 0. The van der Waals surface area contributed by atoms with Gasteiger partial charge < -0.3 is 10.6 Å². The van der Waals surface area contributed by atoms with Gasteiger partial charge in [-0.1, -0.05) is 20.3 Å². The fourth-order valence-corrected chi connectivity index (χ4v) is 1.79. The van der Waals surface area contributed by atoms with Gasteiger partial charge >= 0.3 is 0 Å². The molecule has 0 saturated carbocycles. The summed E-state index contributed by atoms with van der Waals surface area (Å²) in [5.74, 6) is 0.227. The molecule has 0 spiro atoms. The molecule has 1 heterocycles. The highest BCUT2D eigenvalue weighted by Gasteiger charge is 2.24. The molecule has 0 aromatic carbocycles. The normalized spacial score (nSPS) is 23.3. The van der Waals surface area contributed by atoms with Gasteiger partial charge in [-0.15, -0.1) is 0 Å². The fraction of sp³-hybridized carbons (Fsp3) is 0.889. The van der Waals surface area contributed by atoms with E-state index >= 15 is 0 Å². The van der Waals surface area contributed by atoms with Gasteiger partial charge in [0.05, 0.1) is 0 Å². The van der Waals surface area contributed by atoms with Gasteiger partial charge in [-0.05, 0) is 18.3 Å². The predicted molar refractivity (Wildman–Crippen MR) is 51.1 cm³/mol. The van der Waals surface area contributed by atoms with Gasteiger partial charge in [0.25, 0.3) is 0 Å². The highest BCUT2D eigenvalue weighted by Crippen LogP contribution is 2.27. The molecule has 0 radical (unpaired) electrons. The van der Waals surface area contributed by atoms with E-state index < -0.39 is 0 Å². The van der Waals surface area contributed by atoms with Gasteiger partial charge in [-0.3, -0.25) is 5.41 Å². The summed E-state index contributed by atoms with van der Waals surface area (Å²) in [4.78, 5) is 1.98. The third-order valence-corrected chi connectivity index (χ3v) is 2.49. The van der Waals surface area contributed by atoms with Crippen molar-refractivity contribution in [2.45, 2.75) is 33.1 Å². The van der Waals surface area contributed by atoms with Crippen molar-refractivity contribution in [2.24, 2.45) is 11.1 Å². The van der Waals surface area contributed by atoms with Gasteiger partial charge in [0.1, 0.15) is 0 Å². The Morgan fingerprint density at radius 2 is 2.08 bits per heavy atom. The molecular formula is C9H19N3. The number of likely N-dealkylation sites (tertiary alicyclic amines) is 1. The van der Waals surface area contributed by atoms with Crippen LogP contribution in [0.3, 0.4) is 0 Å². The van der Waals surface area contributed by atoms with Crippen LogP contribution in [0.25, 0.3) is 0 Å². The first-order chi connectivity index (χ1) is 5.51. The molecule has 0 aromatic heterocycles. The lowest BCUT2D eigenvalue weighted by Crippen LogP contribution is -2.41. The monoisotopic (exact) mass is 169 g/mol. The highest BCUT2D eigenvalue weighted by atomic mass is 15.2. The molecule has 0 aliphatic carbocycles. The van der Waals surface area contributed by atoms with Crippen LogP contribution in [-0.2, 0) is 0 Å². The summed E-state index contributed by atoms with van der Waals surface area (Å²) >= 11 is 0. The third-order valence-electron chi connectivity index (χ3n) is 2.49. The standard InChI is InChI=1S/C9H19N3/c1-9(2)5-3-4-6-12(7-9)8(10)11/h3-7H2,1-2H3,(H3,10,11). The lowest BCUT2D eigenvalue weighted by atomic mass is 9.88. The van der Waals surface area contributed by atoms with Crippen molar-refractivity contribution in [1.29, 1.82) is 5.41 Å². The van der Waals surface area contributed by atoms with Crippen LogP contribution in [0.4, 0.5) is 0 Å². The quantitative estimate of drug-likeness (QED) is 0.425. The summed E-state index contributed by atoms with van der Waals surface area (Å²) in [5, 5.41) is 7.37. The molecule has 12 heavy (non-hydrogen) atoms. The van der Waals surface area contributed by atoms with Gasteiger partial charge in [-0.2, -0.15) is 0 Å². The molecular weight excluding hydrogens is 150 g/mol. The van der Waals surface area contributed by atoms with Crippen LogP contribution in [0, 0.1) is 10.8 Å². The Morgan fingerprint density at radius 3 is 2.67 bits per heavy atom. The largest absolute Gasteiger partial charge is 0.370 e. The van der Waals surface area contributed by atoms with E-state index in [0.717, 1.165) is 13.1 Å². The maximum absolute atomic E-state index is 7.37. The molecule has 3 nitrogen and oxygen atoms in total. The molecule has 1 rings (SSSR count). The molecule has 1 saturated heterocycles. The number of hydrogen-bond donors (Lipinski definition) is 2. The summed E-state index contributed by atoms with van der Waals surface area (Å²) in [6.45, 7) is 6.38. The van der Waals surface area contributed by atoms with Crippen molar-refractivity contribution in [2.75, 3.05) is 13.1 Å². The van der Waals surface area contributed by atoms with Gasteiger partial charge in [0.2, 0.25) is 0 Å². The van der Waals surface area contributed by atoms with E-state index in [0.29, 0.717) is 5.41 Å². The smallest absolute Gasteiger partial charge is 0.188 e. The lowest BCUT2D eigenvalue weighted by molar-refractivity contribution is 0.265. The number of nitrogens with zero attached hydrogens (tertiary/aromatic N) is 1. The Hall–Kier alpha value is -0.730. The first-order valence-corrected chi connectivity index (χ1v) is 4.60. The second kappa shape index (κ2) is 3.33. The molecule has 0 amide bonds. The lowest BCUT2D eigenvalue weighted by Gasteiger charge is -2.29. The summed E-state index contributed by atoms with van der Waals surface area (Å²) < 4.78 is 0. The molecule has 1 aliphatic heterocycles. The van der Waals surface area contributed by atoms with Crippen LogP contribution in [0.2, 0.25) is 0 Å². The molecule has 0 atom stereocenters. The average molecular weight is 169 g/mol. The maximum Gasteiger partial charge on any atom is 0.188 e. The topological polar surface area (TPSA) is 53.1 Å². The summed E-state index contributed by atoms with van der Waals surface area (Å²) in [6.07, 6.45) is 3.68. The van der Waals surface area contributed by atoms with Crippen LogP contribution >= 0.6 is 0 Å². The molecule has 3 N–H and O–H groups in total. The fourth-order valence-electron chi connectivity index (χ4n) is 1.79. The number of nitrogens with one attached hydrogen (secondary N) is 1. The maximum atomic E-state index is 7.37. The van der Waals surface area contributed by atoms with E-state index in [2.05, 4.69) is 13.8 Å². The van der Waals surface area contributed by atoms with Gasteiger partial charge in [0.15, 0.2) is 5.96 Å². The second-order valence-electron chi connectivity index (χ2n) is 4.43. The number of guanidine groups is 1. The Balaban J connectivity index is 2.60. The molecule has 0 aromatic rings. The van der Waals surface area contributed by atoms with Crippen molar-refractivity contribution < 1.29 is 0 Å². The first-order valence-electron chi connectivity index (χ1n) is 4.60. The van der Waals surface area contributed by atoms with Crippen molar-refractivity contribution >= 4 is 5.96 Å². The molecule has 70 valence electrons. The van der Waals surface area contributed by atoms with Crippen LogP contribution in [0.15, 0.2) is 0 Å². The number of rotatable bonds is 0. The predicted octanol–water partition coefficient (Wildman–Crippen LogP) is 1.39. The Kier molecular flexibility index (Phi) is 2.60. The minimum Gasteiger partial charge on any atom is -0.370 e. The zero-order chi connectivity index (χ0) is 9.19. The molecule has 3 heteroatoms. The number of nitrogens with two attached hydrogens (primary N) is 1. The first kappa shape index (κ1) is 9.36. The molecule has 0 unspecified atom stereocenters. The number of hydrogen-bond acceptors (Lipinski definition) is 1. The van der Waals surface area contributed by atoms with Crippen molar-refractivity contribution in [3.63, 3.8) is 0 Å². The summed E-state index contributed by atoms with van der Waals surface area (Å²) in [5.41, 5.74) is 5.79. The van der Waals surface area contributed by atoms with E-state index in [9.17, 15) is 0 Å². The minimum atomic E-state index is 0.227. The van der Waals surface area contributed by atoms with Crippen molar-refractivity contribution in [1.82, 2.24) is 4.90 Å². The van der Waals surface area contributed by atoms with E-state index in [1.54, 1.807) is 0 Å². The van der Waals surface area contributed by atoms with E-state index in [-0.39, 0.29) is 5.96 Å². The molecule has 0 bridgehead atoms. The van der Waals surface area contributed by atoms with Crippen molar-refractivity contribution in [3.05, 3.63) is 0 Å². The van der Waals surface area contributed by atoms with E-state index in [4.69, 9.17) is 11.1 Å². The second-order valence-corrected chi connectivity index (χ2v) is 4.43. The molecule has 1 fully saturated rings. The minimum absolute atomic E-state index is 0.227. The zero-order valence-electron chi connectivity index (χ0n) is 8.06. The highest BCUT2D eigenvalue weighted by molar-refractivity contribution is 5.74.